The lowest BCUT2D eigenvalue weighted by Gasteiger charge is -2.34. The molecule has 3 rings (SSSR count). The molecule has 0 saturated carbocycles. The molecule has 1 aromatic rings. The van der Waals surface area contributed by atoms with Gasteiger partial charge in [0.1, 0.15) is 11.7 Å². The summed E-state index contributed by atoms with van der Waals surface area (Å²) in [5, 5.41) is 7.90. The minimum atomic E-state index is 0.156. The fourth-order valence-corrected chi connectivity index (χ4v) is 3.62. The summed E-state index contributed by atoms with van der Waals surface area (Å²) >= 11 is 0. The lowest BCUT2D eigenvalue weighted by Crippen LogP contribution is -2.36. The van der Waals surface area contributed by atoms with Crippen LogP contribution in [-0.4, -0.2) is 23.9 Å². The molecule has 114 valence electrons. The highest BCUT2D eigenvalue weighted by Gasteiger charge is 2.24. The van der Waals surface area contributed by atoms with Crippen LogP contribution < -0.4 is 10.6 Å². The number of pyridine rings is 1. The zero-order chi connectivity index (χ0) is 14.8. The van der Waals surface area contributed by atoms with Gasteiger partial charge < -0.3 is 10.6 Å². The van der Waals surface area contributed by atoms with Crippen molar-refractivity contribution in [3.8, 4) is 0 Å². The summed E-state index contributed by atoms with van der Waals surface area (Å²) in [6.45, 7) is 4.37. The molecule has 2 heterocycles. The van der Waals surface area contributed by atoms with Gasteiger partial charge in [-0.2, -0.15) is 0 Å². The summed E-state index contributed by atoms with van der Waals surface area (Å²) in [6.07, 6.45) is 8.35. The molecule has 1 aromatic heterocycles. The highest BCUT2D eigenvalue weighted by molar-refractivity contribution is 5.99. The Morgan fingerprint density at radius 2 is 2.05 bits per heavy atom. The molecule has 0 aromatic carbocycles. The number of nitrogens with zero attached hydrogens (tertiary/aromatic N) is 2. The van der Waals surface area contributed by atoms with E-state index in [4.69, 9.17) is 16.1 Å². The van der Waals surface area contributed by atoms with Crippen molar-refractivity contribution in [3.63, 3.8) is 0 Å². The number of aryl methyl sites for hydroxylation is 2. The molecule has 0 spiro atoms. The second kappa shape index (κ2) is 6.04. The third-order valence-corrected chi connectivity index (χ3v) is 5.06. The molecule has 0 radical (unpaired) electrons. The van der Waals surface area contributed by atoms with Crippen LogP contribution in [0.1, 0.15) is 55.8 Å². The number of hydrogen-bond donors (Lipinski definition) is 2. The van der Waals surface area contributed by atoms with E-state index in [2.05, 4.69) is 17.9 Å². The van der Waals surface area contributed by atoms with Crippen LogP contribution in [0.5, 0.6) is 0 Å². The molecule has 0 amide bonds. The van der Waals surface area contributed by atoms with E-state index in [0.717, 1.165) is 43.2 Å². The summed E-state index contributed by atoms with van der Waals surface area (Å²) in [5.41, 5.74) is 9.20. The van der Waals surface area contributed by atoms with Crippen molar-refractivity contribution in [2.24, 2.45) is 11.7 Å². The van der Waals surface area contributed by atoms with E-state index in [0.29, 0.717) is 0 Å². The van der Waals surface area contributed by atoms with Gasteiger partial charge in [0.15, 0.2) is 0 Å². The molecule has 1 aliphatic heterocycles. The van der Waals surface area contributed by atoms with Gasteiger partial charge in [0.2, 0.25) is 0 Å². The van der Waals surface area contributed by atoms with Crippen LogP contribution in [0.25, 0.3) is 0 Å². The highest BCUT2D eigenvalue weighted by atomic mass is 15.2. The van der Waals surface area contributed by atoms with E-state index in [1.807, 2.05) is 0 Å². The normalized spacial score (nSPS) is 19.4. The number of nitrogens with two attached hydrogens (primary N) is 1. The van der Waals surface area contributed by atoms with Gasteiger partial charge in [0.25, 0.3) is 0 Å². The predicted octanol–water partition coefficient (Wildman–Crippen LogP) is 2.87. The smallest absolute Gasteiger partial charge is 0.139 e. The van der Waals surface area contributed by atoms with Crippen molar-refractivity contribution in [1.29, 1.82) is 5.41 Å². The molecule has 3 N–H and O–H groups in total. The molecule has 21 heavy (non-hydrogen) atoms. The van der Waals surface area contributed by atoms with Gasteiger partial charge in [0, 0.05) is 18.8 Å². The Morgan fingerprint density at radius 3 is 2.71 bits per heavy atom. The summed E-state index contributed by atoms with van der Waals surface area (Å²) in [4.78, 5) is 7.26. The Bertz CT molecular complexity index is 530. The van der Waals surface area contributed by atoms with E-state index >= 15 is 0 Å². The minimum absolute atomic E-state index is 0.156. The number of nitrogen functional groups attached to an aromatic ring is 1. The van der Waals surface area contributed by atoms with Crippen molar-refractivity contribution in [1.82, 2.24) is 4.98 Å². The van der Waals surface area contributed by atoms with Crippen molar-refractivity contribution < 1.29 is 0 Å². The standard InChI is InChI=1S/C17H26N4/c1-2-12-7-9-21(10-8-12)17-14(16(18)19)11-13-5-3-4-6-15(13)20-17/h11-12H,2-10H2,1H3,(H3,18,19). The predicted molar refractivity (Wildman–Crippen MR) is 87.1 cm³/mol. The largest absolute Gasteiger partial charge is 0.384 e. The molecule has 0 unspecified atom stereocenters. The first-order valence-electron chi connectivity index (χ1n) is 8.31. The van der Waals surface area contributed by atoms with Crippen LogP contribution >= 0.6 is 0 Å². The average Bonchev–Trinajstić information content (AvgIpc) is 2.53. The number of piperidine rings is 1. The second-order valence-corrected chi connectivity index (χ2v) is 6.42. The van der Waals surface area contributed by atoms with E-state index < -0.39 is 0 Å². The molecule has 4 nitrogen and oxygen atoms in total. The van der Waals surface area contributed by atoms with Gasteiger partial charge in [-0.3, -0.25) is 5.41 Å². The lowest BCUT2D eigenvalue weighted by atomic mass is 9.92. The Balaban J connectivity index is 1.91. The second-order valence-electron chi connectivity index (χ2n) is 6.42. The minimum Gasteiger partial charge on any atom is -0.384 e. The summed E-state index contributed by atoms with van der Waals surface area (Å²) in [7, 11) is 0. The van der Waals surface area contributed by atoms with Gasteiger partial charge in [0.05, 0.1) is 5.56 Å². The van der Waals surface area contributed by atoms with Crippen LogP contribution in [0, 0.1) is 11.3 Å². The average molecular weight is 286 g/mol. The van der Waals surface area contributed by atoms with Crippen LogP contribution in [0.4, 0.5) is 5.82 Å². The summed E-state index contributed by atoms with van der Waals surface area (Å²) in [5.74, 6) is 1.96. The van der Waals surface area contributed by atoms with Gasteiger partial charge >= 0.3 is 0 Å². The molecule has 1 aliphatic carbocycles. The van der Waals surface area contributed by atoms with Crippen molar-refractivity contribution in [2.75, 3.05) is 18.0 Å². The van der Waals surface area contributed by atoms with Gasteiger partial charge in [-0.15, -0.1) is 0 Å². The Kier molecular flexibility index (Phi) is 4.13. The van der Waals surface area contributed by atoms with Crippen LogP contribution in [0.2, 0.25) is 0 Å². The summed E-state index contributed by atoms with van der Waals surface area (Å²) < 4.78 is 0. The first-order chi connectivity index (χ1) is 10.2. The lowest BCUT2D eigenvalue weighted by molar-refractivity contribution is 0.393. The number of aromatic nitrogens is 1. The molecule has 1 fully saturated rings. The van der Waals surface area contributed by atoms with Crippen molar-refractivity contribution in [2.45, 2.75) is 51.9 Å². The van der Waals surface area contributed by atoms with Crippen LogP contribution in [0.3, 0.4) is 0 Å². The van der Waals surface area contributed by atoms with E-state index in [-0.39, 0.29) is 5.84 Å². The van der Waals surface area contributed by atoms with Gasteiger partial charge in [-0.05, 0) is 56.1 Å². The molecule has 1 saturated heterocycles. The van der Waals surface area contributed by atoms with E-state index in [1.165, 1.54) is 43.4 Å². The number of rotatable bonds is 3. The first-order valence-corrected chi connectivity index (χ1v) is 8.31. The van der Waals surface area contributed by atoms with Gasteiger partial charge in [-0.25, -0.2) is 4.98 Å². The molecular weight excluding hydrogens is 260 g/mol. The number of hydrogen-bond acceptors (Lipinski definition) is 3. The molecule has 0 atom stereocenters. The number of nitrogens with one attached hydrogen (secondary N) is 1. The van der Waals surface area contributed by atoms with Crippen LogP contribution in [-0.2, 0) is 12.8 Å². The van der Waals surface area contributed by atoms with E-state index in [1.54, 1.807) is 0 Å². The molecule has 0 bridgehead atoms. The number of amidine groups is 1. The van der Waals surface area contributed by atoms with E-state index in [9.17, 15) is 0 Å². The first kappa shape index (κ1) is 14.4. The highest BCUT2D eigenvalue weighted by Crippen LogP contribution is 2.30. The number of anilines is 1. The van der Waals surface area contributed by atoms with Crippen molar-refractivity contribution in [3.05, 3.63) is 22.9 Å². The van der Waals surface area contributed by atoms with Crippen molar-refractivity contribution >= 4 is 11.7 Å². The maximum atomic E-state index is 7.90. The van der Waals surface area contributed by atoms with Gasteiger partial charge in [-0.1, -0.05) is 13.3 Å². The maximum absolute atomic E-state index is 7.90. The molecule has 2 aliphatic rings. The Morgan fingerprint density at radius 1 is 1.33 bits per heavy atom. The zero-order valence-corrected chi connectivity index (χ0v) is 13.0. The molecular formula is C17H26N4. The topological polar surface area (TPSA) is 66.0 Å². The summed E-state index contributed by atoms with van der Waals surface area (Å²) in [6, 6.07) is 2.13. The Hall–Kier alpha value is -1.58. The fraction of sp³-hybridized carbons (Fsp3) is 0.647. The third kappa shape index (κ3) is 2.89. The zero-order valence-electron chi connectivity index (χ0n) is 13.0. The Labute approximate surface area is 127 Å². The maximum Gasteiger partial charge on any atom is 0.139 e. The van der Waals surface area contributed by atoms with Crippen LogP contribution in [0.15, 0.2) is 6.07 Å². The quantitative estimate of drug-likeness (QED) is 0.663. The fourth-order valence-electron chi connectivity index (χ4n) is 3.62. The SMILES string of the molecule is CCC1CCN(c2nc3c(cc2C(=N)N)CCCC3)CC1. The monoisotopic (exact) mass is 286 g/mol. The number of fused-ring (bicyclic) bond motifs is 1. The third-order valence-electron chi connectivity index (χ3n) is 5.06. The molecule has 4 heteroatoms.